The number of phenols is 1. The van der Waals surface area contributed by atoms with Gasteiger partial charge in [-0.15, -0.1) is 0 Å². The number of phenolic OH excluding ortho intramolecular Hbond substituents is 1. The molecule has 0 atom stereocenters. The first-order valence-electron chi connectivity index (χ1n) is 8.08. The number of nitrogens with one attached hydrogen (secondary N) is 2. The number of hydrazine groups is 1. The molecule has 0 radical (unpaired) electrons. The van der Waals surface area contributed by atoms with E-state index in [0.29, 0.717) is 10.8 Å². The molecule has 3 rings (SSSR count). The fourth-order valence-electron chi connectivity index (χ4n) is 2.24. The minimum Gasteiger partial charge on any atom is -0.507 e. The van der Waals surface area contributed by atoms with Gasteiger partial charge < -0.3 is 9.63 Å². The summed E-state index contributed by atoms with van der Waals surface area (Å²) >= 11 is 11.6. The number of nitrogens with zero attached hydrogens (tertiary/aromatic N) is 2. The molecular weight excluding hydrogens is 407 g/mol. The lowest BCUT2D eigenvalue weighted by molar-refractivity contribution is -0.121. The van der Waals surface area contributed by atoms with Gasteiger partial charge in [-0.3, -0.25) is 20.4 Å². The minimum atomic E-state index is -0.698. The van der Waals surface area contributed by atoms with Crippen LogP contribution in [-0.4, -0.2) is 27.1 Å². The van der Waals surface area contributed by atoms with Crippen LogP contribution in [0, 0.1) is 0 Å². The highest BCUT2D eigenvalue weighted by atomic mass is 35.5. The van der Waals surface area contributed by atoms with E-state index < -0.39 is 11.8 Å². The average molecular weight is 421 g/mol. The van der Waals surface area contributed by atoms with Crippen molar-refractivity contribution in [2.24, 2.45) is 0 Å². The molecule has 1 aromatic heterocycles. The molecule has 3 aromatic rings. The van der Waals surface area contributed by atoms with Gasteiger partial charge >= 0.3 is 0 Å². The lowest BCUT2D eigenvalue weighted by atomic mass is 10.2. The van der Waals surface area contributed by atoms with Crippen LogP contribution in [0.25, 0.3) is 11.4 Å². The Morgan fingerprint density at radius 2 is 1.75 bits per heavy atom. The molecule has 8 nitrogen and oxygen atoms in total. The molecule has 0 aliphatic heterocycles. The van der Waals surface area contributed by atoms with Crippen LogP contribution < -0.4 is 10.9 Å². The number of carbonyl (C=O) groups is 2. The lowest BCUT2D eigenvalue weighted by Crippen LogP contribution is -2.41. The molecular formula is C18H14Cl2N4O4. The van der Waals surface area contributed by atoms with E-state index in [0.717, 1.165) is 5.56 Å². The standard InChI is InChI=1S/C18H14Cl2N4O4/c19-11-3-1-10(2-4-11)17-21-16(28-24-17)8-7-15(26)22-23-18(27)13-9-12(20)5-6-14(13)25/h1-6,9,25H,7-8H2,(H,22,26)(H,23,27). The Morgan fingerprint density at radius 3 is 2.50 bits per heavy atom. The number of carbonyl (C=O) groups excluding carboxylic acids is 2. The molecule has 0 aliphatic rings. The SMILES string of the molecule is O=C(CCc1nc(-c2ccc(Cl)cc2)no1)NNC(=O)c1cc(Cl)ccc1O. The number of rotatable bonds is 5. The van der Waals surface area contributed by atoms with Gasteiger partial charge in [0, 0.05) is 28.5 Å². The molecule has 144 valence electrons. The highest BCUT2D eigenvalue weighted by Crippen LogP contribution is 2.21. The maximum Gasteiger partial charge on any atom is 0.273 e. The molecule has 0 aliphatic carbocycles. The Hall–Kier alpha value is -3.10. The van der Waals surface area contributed by atoms with E-state index in [1.165, 1.54) is 18.2 Å². The second-order valence-corrected chi connectivity index (χ2v) is 6.56. The zero-order chi connectivity index (χ0) is 20.1. The second kappa shape index (κ2) is 8.73. The summed E-state index contributed by atoms with van der Waals surface area (Å²) < 4.78 is 5.11. The summed E-state index contributed by atoms with van der Waals surface area (Å²) in [7, 11) is 0. The summed E-state index contributed by atoms with van der Waals surface area (Å²) in [5.74, 6) is -0.760. The smallest absolute Gasteiger partial charge is 0.273 e. The molecule has 0 saturated heterocycles. The predicted molar refractivity (Wildman–Crippen MR) is 102 cm³/mol. The van der Waals surface area contributed by atoms with Crippen molar-refractivity contribution < 1.29 is 19.2 Å². The Morgan fingerprint density at radius 1 is 1.04 bits per heavy atom. The number of amides is 2. The van der Waals surface area contributed by atoms with Crippen molar-refractivity contribution in [3.05, 3.63) is 64.0 Å². The number of hydrogen-bond donors (Lipinski definition) is 3. The molecule has 0 spiro atoms. The monoisotopic (exact) mass is 420 g/mol. The molecule has 10 heteroatoms. The Bertz CT molecular complexity index is 1010. The zero-order valence-electron chi connectivity index (χ0n) is 14.3. The molecule has 0 unspecified atom stereocenters. The van der Waals surface area contributed by atoms with Crippen LogP contribution in [0.4, 0.5) is 0 Å². The molecule has 2 amide bonds. The fourth-order valence-corrected chi connectivity index (χ4v) is 2.54. The Kier molecular flexibility index (Phi) is 6.13. The maximum absolute atomic E-state index is 12.0. The number of aryl methyl sites for hydroxylation is 1. The van der Waals surface area contributed by atoms with E-state index in [4.69, 9.17) is 27.7 Å². The van der Waals surface area contributed by atoms with Crippen molar-refractivity contribution in [1.29, 1.82) is 0 Å². The van der Waals surface area contributed by atoms with Gasteiger partial charge in [-0.2, -0.15) is 4.98 Å². The molecule has 3 N–H and O–H groups in total. The number of aromatic hydroxyl groups is 1. The van der Waals surface area contributed by atoms with Gasteiger partial charge in [0.05, 0.1) is 5.56 Å². The first-order valence-corrected chi connectivity index (χ1v) is 8.84. The third-order valence-corrected chi connectivity index (χ3v) is 4.14. The van der Waals surface area contributed by atoms with Crippen molar-refractivity contribution >= 4 is 35.0 Å². The summed E-state index contributed by atoms with van der Waals surface area (Å²) in [6, 6.07) is 10.9. The normalized spacial score (nSPS) is 10.5. The Balaban J connectivity index is 1.50. The van der Waals surface area contributed by atoms with E-state index in [9.17, 15) is 14.7 Å². The van der Waals surface area contributed by atoms with Crippen molar-refractivity contribution in [3.8, 4) is 17.1 Å². The van der Waals surface area contributed by atoms with Crippen LogP contribution in [0.2, 0.25) is 10.0 Å². The van der Waals surface area contributed by atoms with E-state index in [2.05, 4.69) is 21.0 Å². The molecule has 0 bridgehead atoms. The average Bonchev–Trinajstić information content (AvgIpc) is 3.16. The predicted octanol–water partition coefficient (Wildman–Crippen LogP) is 3.14. The van der Waals surface area contributed by atoms with Gasteiger partial charge in [0.25, 0.3) is 5.91 Å². The largest absolute Gasteiger partial charge is 0.507 e. The second-order valence-electron chi connectivity index (χ2n) is 5.68. The summed E-state index contributed by atoms with van der Waals surface area (Å²) in [4.78, 5) is 28.1. The third-order valence-electron chi connectivity index (χ3n) is 3.66. The number of benzene rings is 2. The van der Waals surface area contributed by atoms with Gasteiger partial charge in [0.1, 0.15) is 5.75 Å². The summed E-state index contributed by atoms with van der Waals surface area (Å²) in [5, 5.41) is 14.4. The van der Waals surface area contributed by atoms with Crippen molar-refractivity contribution in [2.75, 3.05) is 0 Å². The summed E-state index contributed by atoms with van der Waals surface area (Å²) in [5.41, 5.74) is 5.12. The summed E-state index contributed by atoms with van der Waals surface area (Å²) in [6.07, 6.45) is 0.189. The lowest BCUT2D eigenvalue weighted by Gasteiger charge is -2.08. The highest BCUT2D eigenvalue weighted by molar-refractivity contribution is 6.31. The molecule has 1 heterocycles. The van der Waals surface area contributed by atoms with Crippen LogP contribution >= 0.6 is 23.2 Å². The Labute approximate surface area is 169 Å². The fraction of sp³-hybridized carbons (Fsp3) is 0.111. The number of hydrogen-bond acceptors (Lipinski definition) is 6. The van der Waals surface area contributed by atoms with Crippen LogP contribution in [-0.2, 0) is 11.2 Å². The quantitative estimate of drug-likeness (QED) is 0.545. The van der Waals surface area contributed by atoms with Crippen molar-refractivity contribution in [2.45, 2.75) is 12.8 Å². The van der Waals surface area contributed by atoms with E-state index in [1.54, 1.807) is 24.3 Å². The number of halogens is 2. The number of aromatic nitrogens is 2. The third kappa shape index (κ3) is 4.99. The highest BCUT2D eigenvalue weighted by Gasteiger charge is 2.14. The summed E-state index contributed by atoms with van der Waals surface area (Å²) in [6.45, 7) is 0. The maximum atomic E-state index is 12.0. The van der Waals surface area contributed by atoms with Crippen LogP contribution in [0.15, 0.2) is 47.0 Å². The molecule has 2 aromatic carbocycles. The van der Waals surface area contributed by atoms with Gasteiger partial charge in [-0.25, -0.2) is 0 Å². The molecule has 0 saturated carbocycles. The van der Waals surface area contributed by atoms with E-state index in [1.807, 2.05) is 0 Å². The topological polar surface area (TPSA) is 117 Å². The van der Waals surface area contributed by atoms with Crippen LogP contribution in [0.1, 0.15) is 22.7 Å². The van der Waals surface area contributed by atoms with Gasteiger partial charge in [0.2, 0.25) is 17.6 Å². The van der Waals surface area contributed by atoms with Crippen LogP contribution in [0.5, 0.6) is 5.75 Å². The van der Waals surface area contributed by atoms with Crippen molar-refractivity contribution in [1.82, 2.24) is 21.0 Å². The van der Waals surface area contributed by atoms with Gasteiger partial charge in [-0.05, 0) is 42.5 Å². The molecule has 28 heavy (non-hydrogen) atoms. The molecule has 0 fully saturated rings. The van der Waals surface area contributed by atoms with Crippen molar-refractivity contribution in [3.63, 3.8) is 0 Å². The van der Waals surface area contributed by atoms with E-state index in [-0.39, 0.29) is 35.1 Å². The van der Waals surface area contributed by atoms with E-state index >= 15 is 0 Å². The zero-order valence-corrected chi connectivity index (χ0v) is 15.8. The first kappa shape index (κ1) is 19.7. The minimum absolute atomic E-state index is 0.00403. The van der Waals surface area contributed by atoms with Crippen LogP contribution in [0.3, 0.4) is 0 Å². The van der Waals surface area contributed by atoms with Gasteiger partial charge in [0.15, 0.2) is 0 Å². The van der Waals surface area contributed by atoms with Gasteiger partial charge in [-0.1, -0.05) is 28.4 Å². The first-order chi connectivity index (χ1) is 13.4.